The predicted octanol–water partition coefficient (Wildman–Crippen LogP) is 10.9. The van der Waals surface area contributed by atoms with E-state index < -0.39 is 0 Å². The summed E-state index contributed by atoms with van der Waals surface area (Å²) in [6.07, 6.45) is 18.7. The van der Waals surface area contributed by atoms with Crippen LogP contribution in [0.4, 0.5) is 0 Å². The van der Waals surface area contributed by atoms with E-state index in [9.17, 15) is 0 Å². The lowest BCUT2D eigenvalue weighted by molar-refractivity contribution is 0.569. The second kappa shape index (κ2) is 8.56. The predicted molar refractivity (Wildman–Crippen MR) is 180 cm³/mol. The summed E-state index contributed by atoms with van der Waals surface area (Å²) in [7, 11) is 0. The summed E-state index contributed by atoms with van der Waals surface area (Å²) in [5, 5.41) is 7.34. The molecule has 4 aliphatic carbocycles. The molecule has 0 radical (unpaired) electrons. The molecular weight excluding hydrogens is 520 g/mol. The third kappa shape index (κ3) is 3.34. The second-order valence-electron chi connectivity index (χ2n) is 12.1. The Balaban J connectivity index is 1.09. The number of hydrogen-bond donors (Lipinski definition) is 0. The fraction of sp³-hybridized carbons (Fsp3) is 0.0476. The first kappa shape index (κ1) is 23.2. The van der Waals surface area contributed by atoms with Gasteiger partial charge >= 0.3 is 0 Å². The highest BCUT2D eigenvalue weighted by molar-refractivity contribution is 6.10. The van der Waals surface area contributed by atoms with Crippen molar-refractivity contribution in [2.45, 2.75) is 0 Å². The van der Waals surface area contributed by atoms with Crippen molar-refractivity contribution in [3.63, 3.8) is 0 Å². The van der Waals surface area contributed by atoms with Crippen molar-refractivity contribution in [3.8, 4) is 0 Å². The van der Waals surface area contributed by atoms with E-state index in [1.165, 1.54) is 76.9 Å². The third-order valence-electron chi connectivity index (χ3n) is 9.85. The summed E-state index contributed by atoms with van der Waals surface area (Å²) in [5.74, 6) is 0.617. The first-order valence-electron chi connectivity index (χ1n) is 15.1. The number of furan rings is 1. The molecule has 1 heteroatoms. The number of hydrogen-bond acceptors (Lipinski definition) is 1. The molecule has 0 bridgehead atoms. The lowest BCUT2D eigenvalue weighted by Gasteiger charge is -2.42. The van der Waals surface area contributed by atoms with Crippen molar-refractivity contribution in [1.29, 1.82) is 0 Å². The fourth-order valence-corrected chi connectivity index (χ4v) is 7.79. The van der Waals surface area contributed by atoms with Gasteiger partial charge in [0.1, 0.15) is 11.2 Å². The quantitative estimate of drug-likeness (QED) is 0.211. The van der Waals surface area contributed by atoms with Gasteiger partial charge in [0.05, 0.1) is 0 Å². The van der Waals surface area contributed by atoms with E-state index in [-0.39, 0.29) is 0 Å². The molecule has 200 valence electrons. The van der Waals surface area contributed by atoms with Crippen LogP contribution < -0.4 is 0 Å². The monoisotopic (exact) mass is 546 g/mol. The maximum absolute atomic E-state index is 6.46. The Morgan fingerprint density at radius 2 is 1.16 bits per heavy atom. The van der Waals surface area contributed by atoms with Crippen LogP contribution in [0.3, 0.4) is 0 Å². The molecule has 0 saturated carbocycles. The van der Waals surface area contributed by atoms with Crippen molar-refractivity contribution in [2.24, 2.45) is 11.8 Å². The van der Waals surface area contributed by atoms with Crippen LogP contribution in [0.1, 0.15) is 11.1 Å². The molecule has 1 heterocycles. The molecule has 0 N–H and O–H groups in total. The van der Waals surface area contributed by atoms with Crippen LogP contribution in [-0.2, 0) is 0 Å². The second-order valence-corrected chi connectivity index (χ2v) is 12.1. The van der Waals surface area contributed by atoms with Crippen molar-refractivity contribution < 1.29 is 4.42 Å². The molecule has 6 aromatic rings. The van der Waals surface area contributed by atoms with Gasteiger partial charge in [-0.1, -0.05) is 115 Å². The van der Waals surface area contributed by atoms with Crippen molar-refractivity contribution >= 4 is 54.6 Å². The Bertz CT molecular complexity index is 2450. The average Bonchev–Trinajstić information content (AvgIpc) is 3.42. The Morgan fingerprint density at radius 3 is 2.05 bits per heavy atom. The largest absolute Gasteiger partial charge is 0.456 e. The molecule has 1 nitrogen and oxygen atoms in total. The van der Waals surface area contributed by atoms with Gasteiger partial charge in [0.25, 0.3) is 0 Å². The van der Waals surface area contributed by atoms with Gasteiger partial charge in [0.15, 0.2) is 0 Å². The Morgan fingerprint density at radius 1 is 0.465 bits per heavy atom. The van der Waals surface area contributed by atoms with Gasteiger partial charge in [-0.2, -0.15) is 0 Å². The van der Waals surface area contributed by atoms with Gasteiger partial charge in [0, 0.05) is 22.6 Å². The molecule has 4 aliphatic rings. The van der Waals surface area contributed by atoms with E-state index >= 15 is 0 Å². The first-order valence-corrected chi connectivity index (χ1v) is 15.1. The standard InChI is InChI=1S/C42H26O/c1-2-6-28-21-31(10-9-25(28)5-1)33-16-11-26-14-20-37-34(17-12-27-13-19-36(33)41(26)42(27)37)32-15-18-35-38-22-29-7-3-4-8-30(29)23-40(38)43-39(35)24-32/h1-24,41-42H. The molecule has 0 fully saturated rings. The van der Waals surface area contributed by atoms with Crippen LogP contribution in [0.25, 0.3) is 54.6 Å². The topological polar surface area (TPSA) is 13.1 Å². The van der Waals surface area contributed by atoms with Crippen LogP contribution in [-0.4, -0.2) is 0 Å². The van der Waals surface area contributed by atoms with Crippen LogP contribution >= 0.6 is 0 Å². The SMILES string of the molecule is C1=CC2=C(c3ccc4ccccc4c3)C=CC3=CC=C4C(c5ccc6c(c5)oc5cc7ccccc7cc56)=CC=C1C4C32. The Labute approximate surface area is 249 Å². The number of rotatable bonds is 2. The molecule has 5 aromatic carbocycles. The van der Waals surface area contributed by atoms with Gasteiger partial charge in [-0.3, -0.25) is 0 Å². The van der Waals surface area contributed by atoms with Crippen LogP contribution in [0.15, 0.2) is 172 Å². The molecule has 2 atom stereocenters. The van der Waals surface area contributed by atoms with Gasteiger partial charge in [0.2, 0.25) is 0 Å². The molecule has 0 spiro atoms. The van der Waals surface area contributed by atoms with E-state index in [0.29, 0.717) is 11.8 Å². The summed E-state index contributed by atoms with van der Waals surface area (Å²) >= 11 is 0. The van der Waals surface area contributed by atoms with Crippen molar-refractivity contribution in [1.82, 2.24) is 0 Å². The summed E-state index contributed by atoms with van der Waals surface area (Å²) in [5.41, 5.74) is 12.6. The lowest BCUT2D eigenvalue weighted by Crippen LogP contribution is -2.30. The highest BCUT2D eigenvalue weighted by Gasteiger charge is 2.40. The van der Waals surface area contributed by atoms with E-state index in [1.807, 2.05) is 0 Å². The normalized spacial score (nSPS) is 20.4. The van der Waals surface area contributed by atoms with Gasteiger partial charge in [-0.25, -0.2) is 0 Å². The lowest BCUT2D eigenvalue weighted by atomic mass is 9.61. The molecule has 0 aliphatic heterocycles. The zero-order chi connectivity index (χ0) is 28.1. The van der Waals surface area contributed by atoms with E-state index in [4.69, 9.17) is 4.42 Å². The third-order valence-corrected chi connectivity index (χ3v) is 9.85. The molecule has 0 amide bonds. The Kier molecular flexibility index (Phi) is 4.62. The van der Waals surface area contributed by atoms with Gasteiger partial charge < -0.3 is 4.42 Å². The van der Waals surface area contributed by atoms with E-state index in [1.54, 1.807) is 0 Å². The van der Waals surface area contributed by atoms with Crippen molar-refractivity contribution in [2.75, 3.05) is 0 Å². The van der Waals surface area contributed by atoms with Gasteiger partial charge in [-0.15, -0.1) is 0 Å². The Hall–Kier alpha value is -5.40. The summed E-state index contributed by atoms with van der Waals surface area (Å²) in [4.78, 5) is 0. The molecule has 1 aromatic heterocycles. The van der Waals surface area contributed by atoms with E-state index in [2.05, 4.69) is 146 Å². The molecule has 10 rings (SSSR count). The van der Waals surface area contributed by atoms with Crippen LogP contribution in [0, 0.1) is 11.8 Å². The summed E-state index contributed by atoms with van der Waals surface area (Å²) in [6, 6.07) is 35.2. The first-order chi connectivity index (χ1) is 21.3. The maximum atomic E-state index is 6.46. The highest BCUT2D eigenvalue weighted by Crippen LogP contribution is 2.54. The minimum atomic E-state index is 0.303. The highest BCUT2D eigenvalue weighted by atomic mass is 16.3. The van der Waals surface area contributed by atoms with Crippen LogP contribution in [0.5, 0.6) is 0 Å². The number of fused-ring (bicyclic) bond motifs is 5. The number of benzene rings is 5. The minimum absolute atomic E-state index is 0.303. The minimum Gasteiger partial charge on any atom is -0.456 e. The fourth-order valence-electron chi connectivity index (χ4n) is 7.79. The van der Waals surface area contributed by atoms with Gasteiger partial charge in [-0.05, 0) is 96.4 Å². The average molecular weight is 547 g/mol. The molecular formula is C42H26O. The number of allylic oxidation sites excluding steroid dienone is 14. The maximum Gasteiger partial charge on any atom is 0.136 e. The molecule has 0 saturated heterocycles. The zero-order valence-corrected chi connectivity index (χ0v) is 23.4. The van der Waals surface area contributed by atoms with E-state index in [0.717, 1.165) is 11.2 Å². The smallest absolute Gasteiger partial charge is 0.136 e. The van der Waals surface area contributed by atoms with Crippen LogP contribution in [0.2, 0.25) is 0 Å². The van der Waals surface area contributed by atoms with Crippen molar-refractivity contribution in [3.05, 3.63) is 179 Å². The molecule has 2 unspecified atom stereocenters. The summed E-state index contributed by atoms with van der Waals surface area (Å²) in [6.45, 7) is 0. The summed E-state index contributed by atoms with van der Waals surface area (Å²) < 4.78 is 6.46. The molecule has 43 heavy (non-hydrogen) atoms. The zero-order valence-electron chi connectivity index (χ0n) is 23.4.